The number of esters is 2. The van der Waals surface area contributed by atoms with E-state index in [1.807, 2.05) is 41.5 Å². The van der Waals surface area contributed by atoms with Crippen molar-refractivity contribution in [2.45, 2.75) is 141 Å². The number of carbonyl (C=O) groups is 2. The Hall–Kier alpha value is -1.14. The molecule has 0 aromatic carbocycles. The fourth-order valence-electron chi connectivity index (χ4n) is 6.22. The third-order valence-electron chi connectivity index (χ3n) is 9.01. The lowest BCUT2D eigenvalue weighted by molar-refractivity contribution is -0.169. The molecule has 6 nitrogen and oxygen atoms in total. The number of ether oxygens (including phenoxy) is 4. The van der Waals surface area contributed by atoms with Gasteiger partial charge in [0.15, 0.2) is 0 Å². The molecule has 0 amide bonds. The largest absolute Gasteiger partial charge is 0.459 e. The van der Waals surface area contributed by atoms with Gasteiger partial charge >= 0.3 is 11.9 Å². The van der Waals surface area contributed by atoms with E-state index in [9.17, 15) is 9.59 Å². The standard InChI is InChI=1S/C27H44O6/c1-23(2,15-21(28)32-24(3,4)17-9-11-26(7)19(13-17)30-26)16-22(29)33-25(5,6)18-10-12-27(8)20(14-18)31-27/h17-20H,9-16H2,1-8H3. The molecule has 188 valence electrons. The second-order valence-corrected chi connectivity index (χ2v) is 13.5. The van der Waals surface area contributed by atoms with Gasteiger partial charge in [0.25, 0.3) is 0 Å². The smallest absolute Gasteiger partial charge is 0.306 e. The summed E-state index contributed by atoms with van der Waals surface area (Å²) in [5.41, 5.74) is -1.51. The van der Waals surface area contributed by atoms with Gasteiger partial charge in [-0.25, -0.2) is 0 Å². The molecular formula is C27H44O6. The summed E-state index contributed by atoms with van der Waals surface area (Å²) in [5.74, 6) is 0.0894. The van der Waals surface area contributed by atoms with Gasteiger partial charge in [-0.3, -0.25) is 9.59 Å². The summed E-state index contributed by atoms with van der Waals surface area (Å²) in [6.45, 7) is 16.2. The predicted octanol–water partition coefficient (Wildman–Crippen LogP) is 5.35. The van der Waals surface area contributed by atoms with E-state index in [1.54, 1.807) is 0 Å². The van der Waals surface area contributed by atoms with Crippen molar-refractivity contribution in [3.63, 3.8) is 0 Å². The number of fused-ring (bicyclic) bond motifs is 2. The number of hydrogen-bond acceptors (Lipinski definition) is 6. The molecule has 0 spiro atoms. The molecule has 2 heterocycles. The van der Waals surface area contributed by atoms with Crippen molar-refractivity contribution in [3.8, 4) is 0 Å². The van der Waals surface area contributed by atoms with E-state index in [4.69, 9.17) is 18.9 Å². The van der Waals surface area contributed by atoms with Crippen LogP contribution in [-0.2, 0) is 28.5 Å². The SMILES string of the molecule is CC(C)(CC(=O)OC(C)(C)C1CCC2(C)OC2C1)CC(=O)OC(C)(C)C1CCC2(C)OC2C1. The lowest BCUT2D eigenvalue weighted by Gasteiger charge is -2.38. The second-order valence-electron chi connectivity index (χ2n) is 13.5. The van der Waals surface area contributed by atoms with Gasteiger partial charge in [0, 0.05) is 11.8 Å². The summed E-state index contributed by atoms with van der Waals surface area (Å²) in [5, 5.41) is 0. The van der Waals surface area contributed by atoms with Gasteiger partial charge in [-0.1, -0.05) is 13.8 Å². The van der Waals surface area contributed by atoms with Crippen LogP contribution in [0.25, 0.3) is 0 Å². The molecule has 0 bridgehead atoms. The highest BCUT2D eigenvalue weighted by atomic mass is 16.6. The minimum absolute atomic E-state index is 0.0513. The molecule has 33 heavy (non-hydrogen) atoms. The van der Waals surface area contributed by atoms with Gasteiger partial charge in [0.1, 0.15) is 11.2 Å². The average molecular weight is 465 g/mol. The molecule has 2 saturated carbocycles. The molecule has 0 aromatic rings. The minimum atomic E-state index is -0.538. The zero-order valence-corrected chi connectivity index (χ0v) is 21.9. The van der Waals surface area contributed by atoms with E-state index < -0.39 is 16.6 Å². The summed E-state index contributed by atoms with van der Waals surface area (Å²) in [6.07, 6.45) is 6.90. The molecule has 4 fully saturated rings. The highest BCUT2D eigenvalue weighted by Crippen LogP contribution is 2.53. The molecular weight excluding hydrogens is 420 g/mol. The van der Waals surface area contributed by atoms with E-state index in [-0.39, 0.29) is 36.0 Å². The lowest BCUT2D eigenvalue weighted by Crippen LogP contribution is -2.42. The van der Waals surface area contributed by atoms with Gasteiger partial charge in [-0.2, -0.15) is 0 Å². The fourth-order valence-corrected chi connectivity index (χ4v) is 6.22. The fraction of sp³-hybridized carbons (Fsp3) is 0.926. The predicted molar refractivity (Wildman–Crippen MR) is 125 cm³/mol. The van der Waals surface area contributed by atoms with Crippen LogP contribution in [0.1, 0.15) is 107 Å². The van der Waals surface area contributed by atoms with Crippen LogP contribution >= 0.6 is 0 Å². The number of carbonyl (C=O) groups excluding carboxylic acids is 2. The first-order chi connectivity index (χ1) is 15.0. The first kappa shape index (κ1) is 25.0. The van der Waals surface area contributed by atoms with Crippen LogP contribution in [0.4, 0.5) is 0 Å². The molecule has 6 unspecified atom stereocenters. The van der Waals surface area contributed by atoms with Crippen molar-refractivity contribution in [1.29, 1.82) is 0 Å². The summed E-state index contributed by atoms with van der Waals surface area (Å²) in [7, 11) is 0. The van der Waals surface area contributed by atoms with Gasteiger partial charge in [0.2, 0.25) is 0 Å². The van der Waals surface area contributed by atoms with Crippen molar-refractivity contribution < 1.29 is 28.5 Å². The Kier molecular flexibility index (Phi) is 6.01. The maximum atomic E-state index is 12.8. The zero-order chi connectivity index (χ0) is 24.4. The molecule has 2 aliphatic carbocycles. The van der Waals surface area contributed by atoms with Crippen molar-refractivity contribution in [2.75, 3.05) is 0 Å². The molecule has 6 heteroatoms. The molecule has 0 N–H and O–H groups in total. The van der Waals surface area contributed by atoms with Crippen LogP contribution in [0.5, 0.6) is 0 Å². The van der Waals surface area contributed by atoms with Crippen molar-refractivity contribution in [3.05, 3.63) is 0 Å². The Morgan fingerprint density at radius 2 is 1.12 bits per heavy atom. The number of hydrogen-bond donors (Lipinski definition) is 0. The summed E-state index contributed by atoms with van der Waals surface area (Å²) >= 11 is 0. The first-order valence-corrected chi connectivity index (χ1v) is 12.8. The van der Waals surface area contributed by atoms with Gasteiger partial charge in [-0.05, 0) is 85.5 Å². The summed E-state index contributed by atoms with van der Waals surface area (Å²) < 4.78 is 23.5. The van der Waals surface area contributed by atoms with Crippen LogP contribution in [0.2, 0.25) is 0 Å². The number of rotatable bonds is 8. The van der Waals surface area contributed by atoms with Gasteiger partial charge in [0.05, 0.1) is 36.3 Å². The molecule has 0 aromatic heterocycles. The van der Waals surface area contributed by atoms with E-state index in [2.05, 4.69) is 13.8 Å². The van der Waals surface area contributed by atoms with Crippen LogP contribution in [0.15, 0.2) is 0 Å². The van der Waals surface area contributed by atoms with Crippen LogP contribution in [0, 0.1) is 17.3 Å². The van der Waals surface area contributed by atoms with Gasteiger partial charge in [-0.15, -0.1) is 0 Å². The molecule has 4 aliphatic rings. The molecule has 0 radical (unpaired) electrons. The Balaban J connectivity index is 1.24. The maximum Gasteiger partial charge on any atom is 0.306 e. The second kappa shape index (κ2) is 7.94. The van der Waals surface area contributed by atoms with Crippen molar-refractivity contribution in [1.82, 2.24) is 0 Å². The molecule has 6 atom stereocenters. The third kappa shape index (κ3) is 5.42. The van der Waals surface area contributed by atoms with Crippen LogP contribution in [0.3, 0.4) is 0 Å². The van der Waals surface area contributed by atoms with E-state index >= 15 is 0 Å². The van der Waals surface area contributed by atoms with Gasteiger partial charge < -0.3 is 18.9 Å². The van der Waals surface area contributed by atoms with Crippen LogP contribution in [-0.4, -0.2) is 46.6 Å². The Bertz CT molecular complexity index is 736. The number of epoxide rings is 2. The molecule has 4 rings (SSSR count). The third-order valence-corrected chi connectivity index (χ3v) is 9.01. The monoisotopic (exact) mass is 464 g/mol. The average Bonchev–Trinajstić information content (AvgIpc) is 3.50. The van der Waals surface area contributed by atoms with Crippen molar-refractivity contribution >= 4 is 11.9 Å². The maximum absolute atomic E-state index is 12.8. The Labute approximate surface area is 199 Å². The Morgan fingerprint density at radius 1 is 0.758 bits per heavy atom. The topological polar surface area (TPSA) is 77.7 Å². The lowest BCUT2D eigenvalue weighted by atomic mass is 9.75. The molecule has 2 saturated heterocycles. The first-order valence-electron chi connectivity index (χ1n) is 12.8. The highest BCUT2D eigenvalue weighted by molar-refractivity contribution is 5.74. The summed E-state index contributed by atoms with van der Waals surface area (Å²) in [4.78, 5) is 25.7. The van der Waals surface area contributed by atoms with E-state index in [0.717, 1.165) is 38.5 Å². The van der Waals surface area contributed by atoms with E-state index in [0.29, 0.717) is 24.0 Å². The quantitative estimate of drug-likeness (QED) is 0.356. The zero-order valence-electron chi connectivity index (χ0n) is 21.9. The van der Waals surface area contributed by atoms with Crippen LogP contribution < -0.4 is 0 Å². The Morgan fingerprint density at radius 3 is 1.45 bits per heavy atom. The molecule has 2 aliphatic heterocycles. The summed E-state index contributed by atoms with van der Waals surface area (Å²) in [6, 6.07) is 0. The van der Waals surface area contributed by atoms with E-state index in [1.165, 1.54) is 0 Å². The normalized spacial score (nSPS) is 38.1. The van der Waals surface area contributed by atoms with Crippen molar-refractivity contribution in [2.24, 2.45) is 17.3 Å². The highest BCUT2D eigenvalue weighted by Gasteiger charge is 2.58. The minimum Gasteiger partial charge on any atom is -0.459 e.